The summed E-state index contributed by atoms with van der Waals surface area (Å²) in [6.07, 6.45) is 5.44. The van der Waals surface area contributed by atoms with E-state index in [9.17, 15) is 0 Å². The topological polar surface area (TPSA) is 155 Å². The second kappa shape index (κ2) is 47.8. The molecule has 0 bridgehead atoms. The van der Waals surface area contributed by atoms with Crippen LogP contribution in [0.1, 0.15) is 66.2 Å². The number of hydrogen-bond donors (Lipinski definition) is 4. The van der Waals surface area contributed by atoms with Gasteiger partial charge in [0, 0.05) is 72.7 Å². The minimum absolute atomic E-state index is 0.0349. The summed E-state index contributed by atoms with van der Waals surface area (Å²) < 4.78 is 41.3. The van der Waals surface area contributed by atoms with Crippen LogP contribution in [0.2, 0.25) is 0 Å². The third kappa shape index (κ3) is 46.8. The number of rotatable bonds is 29. The van der Waals surface area contributed by atoms with Gasteiger partial charge in [-0.3, -0.25) is 0 Å². The Morgan fingerprint density at radius 2 is 0.761 bits per heavy atom. The van der Waals surface area contributed by atoms with Crippen LogP contribution in [0, 0.1) is 0 Å². The van der Waals surface area contributed by atoms with E-state index in [0.717, 1.165) is 83.2 Å². The van der Waals surface area contributed by atoms with E-state index in [2.05, 4.69) is 13.8 Å². The van der Waals surface area contributed by atoms with E-state index in [1.807, 2.05) is 38.1 Å². The number of ether oxygens (including phenoxy) is 8. The van der Waals surface area contributed by atoms with E-state index in [4.69, 9.17) is 58.3 Å². The summed E-state index contributed by atoms with van der Waals surface area (Å²) in [5, 5.41) is 33.7. The van der Waals surface area contributed by atoms with Gasteiger partial charge in [0.15, 0.2) is 0 Å². The van der Waals surface area contributed by atoms with Gasteiger partial charge in [0.1, 0.15) is 18.1 Å². The molecule has 0 amide bonds. The van der Waals surface area contributed by atoms with Crippen molar-refractivity contribution < 1.29 is 58.3 Å². The van der Waals surface area contributed by atoms with Gasteiger partial charge in [0.25, 0.3) is 0 Å². The molecule has 276 valence electrons. The molecular weight excluding hydrogens is 600 g/mol. The molecule has 0 radical (unpaired) electrons. The minimum Gasteiger partial charge on any atom is -0.494 e. The van der Waals surface area contributed by atoms with Gasteiger partial charge in [-0.15, -0.1) is 0 Å². The zero-order valence-electron chi connectivity index (χ0n) is 29.3. The van der Waals surface area contributed by atoms with Crippen molar-refractivity contribution in [2.75, 3.05) is 119 Å². The van der Waals surface area contributed by atoms with Crippen LogP contribution >= 0.6 is 0 Å². The number of aliphatic hydroxyl groups is 4. The Morgan fingerprint density at radius 3 is 1.20 bits per heavy atom. The standard InChI is InChI=1S/C10H14O3.C9H20O3.C8H18O3.C7H16O3/c1-2-12-9-3-5-10(6-4-9)13-8-7-11;1-2-6-11-8-4-9-12-7-3-5-10;1-2-5-10-7-8-11-6-3-4-9;1-2-9-5-3-6-10-7-4-8/h3-6,11H,2,7-8H2,1H3;10H,2-9H2,1H3;9H,2-8H2,1H3;8H,2-7H2,1H3. The Hall–Kier alpha value is -1.58. The molecule has 12 nitrogen and oxygen atoms in total. The quantitative estimate of drug-likeness (QED) is 0.0916. The van der Waals surface area contributed by atoms with E-state index in [1.54, 1.807) is 0 Å². The van der Waals surface area contributed by atoms with Crippen LogP contribution in [0.3, 0.4) is 0 Å². The molecule has 1 aromatic rings. The molecule has 0 fully saturated rings. The second-order valence-electron chi connectivity index (χ2n) is 9.32. The Morgan fingerprint density at radius 1 is 0.370 bits per heavy atom. The maximum Gasteiger partial charge on any atom is 0.119 e. The zero-order valence-corrected chi connectivity index (χ0v) is 29.3. The highest BCUT2D eigenvalue weighted by atomic mass is 16.5. The zero-order chi connectivity index (χ0) is 34.6. The summed E-state index contributed by atoms with van der Waals surface area (Å²) in [7, 11) is 0. The van der Waals surface area contributed by atoms with Gasteiger partial charge in [-0.05, 0) is 76.6 Å². The van der Waals surface area contributed by atoms with Gasteiger partial charge in [-0.1, -0.05) is 13.8 Å². The van der Waals surface area contributed by atoms with Crippen LogP contribution in [-0.2, 0) is 28.4 Å². The Labute approximate surface area is 279 Å². The third-order valence-electron chi connectivity index (χ3n) is 5.05. The maximum atomic E-state index is 8.52. The van der Waals surface area contributed by atoms with Crippen molar-refractivity contribution >= 4 is 0 Å². The average Bonchev–Trinajstić information content (AvgIpc) is 3.08. The molecule has 4 N–H and O–H groups in total. The fourth-order valence-electron chi connectivity index (χ4n) is 2.95. The molecule has 1 rings (SSSR count). The Balaban J connectivity index is -0.000000539. The summed E-state index contributed by atoms with van der Waals surface area (Å²) >= 11 is 0. The molecule has 0 saturated carbocycles. The van der Waals surface area contributed by atoms with Crippen LogP contribution in [0.25, 0.3) is 0 Å². The van der Waals surface area contributed by atoms with Gasteiger partial charge in [-0.25, -0.2) is 0 Å². The molecule has 0 aliphatic carbocycles. The smallest absolute Gasteiger partial charge is 0.119 e. The second-order valence-corrected chi connectivity index (χ2v) is 9.32. The van der Waals surface area contributed by atoms with Gasteiger partial charge < -0.3 is 58.3 Å². The van der Waals surface area contributed by atoms with E-state index in [1.165, 1.54) is 0 Å². The van der Waals surface area contributed by atoms with Gasteiger partial charge in [0.2, 0.25) is 0 Å². The maximum absolute atomic E-state index is 8.52. The molecule has 0 heterocycles. The largest absolute Gasteiger partial charge is 0.494 e. The fourth-order valence-corrected chi connectivity index (χ4v) is 2.95. The van der Waals surface area contributed by atoms with E-state index < -0.39 is 0 Å². The monoisotopic (exact) mass is 668 g/mol. The van der Waals surface area contributed by atoms with Gasteiger partial charge in [-0.2, -0.15) is 0 Å². The van der Waals surface area contributed by atoms with Crippen molar-refractivity contribution in [3.05, 3.63) is 24.3 Å². The first-order chi connectivity index (χ1) is 22.6. The highest BCUT2D eigenvalue weighted by molar-refractivity contribution is 5.31. The molecule has 0 atom stereocenters. The molecule has 12 heteroatoms. The Bertz CT molecular complexity index is 597. The summed E-state index contributed by atoms with van der Waals surface area (Å²) in [6, 6.07) is 7.33. The van der Waals surface area contributed by atoms with Crippen LogP contribution < -0.4 is 9.47 Å². The number of aliphatic hydroxyl groups excluding tert-OH is 4. The van der Waals surface area contributed by atoms with E-state index in [0.29, 0.717) is 59.3 Å². The summed E-state index contributed by atoms with van der Waals surface area (Å²) in [5.74, 6) is 1.58. The van der Waals surface area contributed by atoms with Crippen LogP contribution in [0.4, 0.5) is 0 Å². The summed E-state index contributed by atoms with van der Waals surface area (Å²) in [5.41, 5.74) is 0. The lowest BCUT2D eigenvalue weighted by atomic mass is 10.3. The molecule has 0 spiro atoms. The van der Waals surface area contributed by atoms with Crippen molar-refractivity contribution in [1.29, 1.82) is 0 Å². The van der Waals surface area contributed by atoms with Crippen molar-refractivity contribution in [3.63, 3.8) is 0 Å². The van der Waals surface area contributed by atoms with Crippen molar-refractivity contribution in [3.8, 4) is 11.5 Å². The molecule has 0 aromatic heterocycles. The fraction of sp³-hybridized carbons (Fsp3) is 0.824. The lowest BCUT2D eigenvalue weighted by Gasteiger charge is -2.05. The first kappa shape index (κ1) is 48.8. The number of hydrogen-bond acceptors (Lipinski definition) is 12. The number of benzene rings is 1. The SMILES string of the molecule is CCCOCCCOCCCO.CCCOCCOCCCO.CCOCCCOCCO.CCOc1ccc(OCCO)cc1. The van der Waals surface area contributed by atoms with E-state index in [-0.39, 0.29) is 26.4 Å². The van der Waals surface area contributed by atoms with Crippen molar-refractivity contribution in [1.82, 2.24) is 0 Å². The molecular formula is C34H68O12. The molecule has 0 aliphatic heterocycles. The molecule has 0 aliphatic rings. The minimum atomic E-state index is 0.0349. The average molecular weight is 669 g/mol. The predicted octanol–water partition coefficient (Wildman–Crippen LogP) is 3.89. The normalized spacial score (nSPS) is 10.2. The van der Waals surface area contributed by atoms with Crippen molar-refractivity contribution in [2.24, 2.45) is 0 Å². The van der Waals surface area contributed by atoms with Crippen LogP contribution in [0.5, 0.6) is 11.5 Å². The first-order valence-corrected chi connectivity index (χ1v) is 16.9. The van der Waals surface area contributed by atoms with Gasteiger partial charge >= 0.3 is 0 Å². The Kier molecular flexibility index (Phi) is 50.7. The predicted molar refractivity (Wildman–Crippen MR) is 181 cm³/mol. The molecule has 0 saturated heterocycles. The summed E-state index contributed by atoms with van der Waals surface area (Å²) in [4.78, 5) is 0. The van der Waals surface area contributed by atoms with Crippen LogP contribution in [0.15, 0.2) is 24.3 Å². The lowest BCUT2D eigenvalue weighted by Crippen LogP contribution is -2.06. The lowest BCUT2D eigenvalue weighted by molar-refractivity contribution is 0.0428. The van der Waals surface area contributed by atoms with E-state index >= 15 is 0 Å². The van der Waals surface area contributed by atoms with Gasteiger partial charge in [0.05, 0.1) is 39.6 Å². The molecule has 46 heavy (non-hydrogen) atoms. The molecule has 1 aromatic carbocycles. The van der Waals surface area contributed by atoms with Crippen molar-refractivity contribution in [2.45, 2.75) is 66.2 Å². The molecule has 0 unspecified atom stereocenters. The summed E-state index contributed by atoms with van der Waals surface area (Å²) in [6.45, 7) is 18.0. The highest BCUT2D eigenvalue weighted by Gasteiger charge is 1.94. The van der Waals surface area contributed by atoms with Crippen LogP contribution in [-0.4, -0.2) is 139 Å². The highest BCUT2D eigenvalue weighted by Crippen LogP contribution is 2.17. The first-order valence-electron chi connectivity index (χ1n) is 16.9. The third-order valence-corrected chi connectivity index (χ3v) is 5.05.